The molecule has 0 radical (unpaired) electrons. The fourth-order valence-corrected chi connectivity index (χ4v) is 19.9. The molecule has 518 valence electrons. The van der Waals surface area contributed by atoms with Crippen LogP contribution in [0.2, 0.25) is 0 Å². The summed E-state index contributed by atoms with van der Waals surface area (Å²) >= 11 is 3.81. The Labute approximate surface area is 635 Å². The average molecular weight is 1420 g/mol. The Balaban J connectivity index is 0.945. The molecule has 6 heterocycles. The van der Waals surface area contributed by atoms with Gasteiger partial charge in [-0.3, -0.25) is 0 Å². The van der Waals surface area contributed by atoms with Crippen molar-refractivity contribution in [3.63, 3.8) is 0 Å². The summed E-state index contributed by atoms with van der Waals surface area (Å²) in [6, 6.07) is 111. The maximum atomic E-state index is 2.70. The predicted molar refractivity (Wildman–Crippen MR) is 466 cm³/mol. The fourth-order valence-electron chi connectivity index (χ4n) is 17.7. The quantitative estimate of drug-likeness (QED) is 0.148. The average Bonchev–Trinajstić information content (AvgIpc) is 1.25. The standard InChI is InChI=1S/C100H83BN4S2/c1-97(2,3)64-36-44-82(73(54-64)60-25-15-13-16-26-60)104-86-58-68(102-80-32-22-19-29-70(80)71-30-20-23-33-81(71)102)40-42-78(86)101-79-43-41-69(103-84-46-38-66(99(7,8)9)56-75(84)76-57-67(100(10,11)12)39-47-85(76)103)59-87(79)105(83-45-37-65(98(4,5)6)55-74(83)61-27-17-14-18-28-61)89-53-63(52-88(104)96(89)101)62-35-48-91-77(51-62)95-93(107-91)50-49-92-94(95)72-31-21-24-34-90(72)106-92/h13-59H,1-12H3. The van der Waals surface area contributed by atoms with Gasteiger partial charge in [-0.2, -0.15) is 0 Å². The summed E-state index contributed by atoms with van der Waals surface area (Å²) < 4.78 is 10.3. The smallest absolute Gasteiger partial charge is 0.252 e. The molecule has 107 heavy (non-hydrogen) atoms. The number of anilines is 6. The van der Waals surface area contributed by atoms with Crippen LogP contribution in [0.15, 0.2) is 285 Å². The zero-order chi connectivity index (χ0) is 72.9. The Morgan fingerprint density at radius 2 is 0.645 bits per heavy atom. The summed E-state index contributed by atoms with van der Waals surface area (Å²) in [5.74, 6) is 0. The van der Waals surface area contributed by atoms with Crippen LogP contribution in [0.25, 0.3) is 129 Å². The second-order valence-corrected chi connectivity index (χ2v) is 36.3. The molecule has 0 saturated heterocycles. The van der Waals surface area contributed by atoms with Gasteiger partial charge in [0.15, 0.2) is 0 Å². The third-order valence-electron chi connectivity index (χ3n) is 23.3. The lowest BCUT2D eigenvalue weighted by atomic mass is 9.33. The van der Waals surface area contributed by atoms with Crippen LogP contribution in [-0.4, -0.2) is 15.8 Å². The number of nitrogens with zero attached hydrogens (tertiary/aromatic N) is 4. The van der Waals surface area contributed by atoms with Gasteiger partial charge >= 0.3 is 0 Å². The topological polar surface area (TPSA) is 16.3 Å². The molecule has 0 saturated carbocycles. The molecule has 0 N–H and O–H groups in total. The SMILES string of the molecule is CC(C)(C)c1ccc(N2c3cc(-n4c5ccccc5c5ccccc54)ccc3B3c4ccc(-n5c6ccc(C(C)(C)C)cc6c6cc(C(C)(C)C)ccc65)cc4N(c4ccc(C(C)(C)C)cc4-c4ccccc4)c4cc(-c5ccc6sc7ccc8sc9ccccc9c8c7c6c5)cc2c43)c(-c2ccccc2)c1. The third kappa shape index (κ3) is 10.3. The minimum absolute atomic E-state index is 0.0512. The van der Waals surface area contributed by atoms with E-state index in [9.17, 15) is 0 Å². The second-order valence-electron chi connectivity index (χ2n) is 34.1. The van der Waals surface area contributed by atoms with Crippen LogP contribution in [0.5, 0.6) is 0 Å². The summed E-state index contributed by atoms with van der Waals surface area (Å²) in [4.78, 5) is 5.39. The van der Waals surface area contributed by atoms with E-state index in [2.05, 4.69) is 387 Å². The number of hydrogen-bond acceptors (Lipinski definition) is 4. The third-order valence-corrected chi connectivity index (χ3v) is 25.6. The van der Waals surface area contributed by atoms with Crippen molar-refractivity contribution in [2.24, 2.45) is 0 Å². The molecule has 18 aromatic rings. The molecule has 14 aromatic carbocycles. The first-order valence-corrected chi connectivity index (χ1v) is 39.5. The van der Waals surface area contributed by atoms with Gasteiger partial charge in [0, 0.05) is 107 Å². The molecule has 4 nitrogen and oxygen atoms in total. The molecule has 0 spiro atoms. The number of rotatable bonds is 7. The van der Waals surface area contributed by atoms with Gasteiger partial charge in [0.1, 0.15) is 0 Å². The highest BCUT2D eigenvalue weighted by atomic mass is 32.1. The number of benzene rings is 14. The van der Waals surface area contributed by atoms with Crippen LogP contribution < -0.4 is 26.2 Å². The molecule has 0 fully saturated rings. The van der Waals surface area contributed by atoms with E-state index in [1.807, 2.05) is 22.7 Å². The van der Waals surface area contributed by atoms with Gasteiger partial charge in [-0.1, -0.05) is 241 Å². The minimum atomic E-state index is -0.221. The van der Waals surface area contributed by atoms with Crippen molar-refractivity contribution in [1.29, 1.82) is 0 Å². The highest BCUT2D eigenvalue weighted by molar-refractivity contribution is 7.28. The van der Waals surface area contributed by atoms with E-state index in [0.717, 1.165) is 51.1 Å². The summed E-state index contributed by atoms with van der Waals surface area (Å²) in [5.41, 5.74) is 29.4. The van der Waals surface area contributed by atoms with Gasteiger partial charge in [0.2, 0.25) is 0 Å². The van der Waals surface area contributed by atoms with Crippen molar-refractivity contribution >= 4 is 164 Å². The van der Waals surface area contributed by atoms with Gasteiger partial charge in [0.25, 0.3) is 6.71 Å². The Kier molecular flexibility index (Phi) is 14.4. The monoisotopic (exact) mass is 1410 g/mol. The number of fused-ring (bicyclic) bond motifs is 17. The first-order chi connectivity index (χ1) is 51.6. The van der Waals surface area contributed by atoms with Gasteiger partial charge in [-0.25, -0.2) is 0 Å². The highest BCUT2D eigenvalue weighted by Gasteiger charge is 2.45. The van der Waals surface area contributed by atoms with Crippen LogP contribution in [0.1, 0.15) is 105 Å². The lowest BCUT2D eigenvalue weighted by Gasteiger charge is -2.45. The molecule has 0 amide bonds. The number of thiophene rings is 2. The van der Waals surface area contributed by atoms with E-state index >= 15 is 0 Å². The molecule has 2 aliphatic rings. The molecule has 7 heteroatoms. The van der Waals surface area contributed by atoms with Crippen molar-refractivity contribution in [3.8, 4) is 44.8 Å². The van der Waals surface area contributed by atoms with Crippen LogP contribution in [0.4, 0.5) is 34.1 Å². The molecular formula is C100H83BN4S2. The Morgan fingerprint density at radius 1 is 0.252 bits per heavy atom. The lowest BCUT2D eigenvalue weighted by Crippen LogP contribution is -2.61. The molecular weight excluding hydrogens is 1330 g/mol. The molecule has 4 aromatic heterocycles. The summed E-state index contributed by atoms with van der Waals surface area (Å²) in [6.07, 6.45) is 0. The highest BCUT2D eigenvalue weighted by Crippen LogP contribution is 2.54. The van der Waals surface area contributed by atoms with E-state index < -0.39 is 0 Å². The van der Waals surface area contributed by atoms with Crippen molar-refractivity contribution in [3.05, 3.63) is 307 Å². The van der Waals surface area contributed by atoms with Crippen molar-refractivity contribution < 1.29 is 0 Å². The summed E-state index contributed by atoms with van der Waals surface area (Å²) in [5, 5.41) is 10.3. The van der Waals surface area contributed by atoms with E-state index in [-0.39, 0.29) is 28.4 Å². The first-order valence-electron chi connectivity index (χ1n) is 37.9. The van der Waals surface area contributed by atoms with E-state index in [1.165, 1.54) is 150 Å². The first kappa shape index (κ1) is 65.3. The zero-order valence-corrected chi connectivity index (χ0v) is 64.5. The normalized spacial score (nSPS) is 13.4. The Bertz CT molecular complexity index is 6630. The molecule has 20 rings (SSSR count). The van der Waals surface area contributed by atoms with Crippen LogP contribution in [0, 0.1) is 0 Å². The fraction of sp³-hybridized carbons (Fsp3) is 0.160. The van der Waals surface area contributed by atoms with Crippen molar-refractivity contribution in [2.75, 3.05) is 9.80 Å². The molecule has 2 aliphatic heterocycles. The van der Waals surface area contributed by atoms with Crippen LogP contribution in [-0.2, 0) is 21.7 Å². The Hall–Kier alpha value is -11.2. The van der Waals surface area contributed by atoms with Crippen molar-refractivity contribution in [1.82, 2.24) is 9.13 Å². The minimum Gasteiger partial charge on any atom is -0.311 e. The van der Waals surface area contributed by atoms with E-state index in [1.54, 1.807) is 0 Å². The van der Waals surface area contributed by atoms with Gasteiger partial charge in [-0.05, 0) is 210 Å². The maximum absolute atomic E-state index is 2.70. The second kappa shape index (κ2) is 23.6. The van der Waals surface area contributed by atoms with Gasteiger partial charge in [0.05, 0.1) is 33.4 Å². The number of para-hydroxylation sites is 2. The molecule has 0 bridgehead atoms. The predicted octanol–water partition coefficient (Wildman–Crippen LogP) is 26.9. The summed E-state index contributed by atoms with van der Waals surface area (Å²) in [7, 11) is 0. The maximum Gasteiger partial charge on any atom is 0.252 e. The van der Waals surface area contributed by atoms with Gasteiger partial charge in [-0.15, -0.1) is 22.7 Å². The lowest BCUT2D eigenvalue weighted by molar-refractivity contribution is 0.590. The molecule has 0 aliphatic carbocycles. The number of aromatic nitrogens is 2. The van der Waals surface area contributed by atoms with Crippen molar-refractivity contribution in [2.45, 2.75) is 105 Å². The van der Waals surface area contributed by atoms with E-state index in [0.29, 0.717) is 0 Å². The van der Waals surface area contributed by atoms with E-state index in [4.69, 9.17) is 0 Å². The Morgan fingerprint density at radius 3 is 1.12 bits per heavy atom. The molecule has 0 unspecified atom stereocenters. The molecule has 0 atom stereocenters. The largest absolute Gasteiger partial charge is 0.311 e. The van der Waals surface area contributed by atoms with Crippen LogP contribution >= 0.6 is 22.7 Å². The zero-order valence-electron chi connectivity index (χ0n) is 62.8. The van der Waals surface area contributed by atoms with Crippen LogP contribution in [0.3, 0.4) is 0 Å². The summed E-state index contributed by atoms with van der Waals surface area (Å²) in [6.45, 7) is 27.9. The number of hydrogen-bond donors (Lipinski definition) is 0. The van der Waals surface area contributed by atoms with Gasteiger partial charge < -0.3 is 18.9 Å².